The molecule has 2 aromatic rings. The van der Waals surface area contributed by atoms with Gasteiger partial charge < -0.3 is 4.90 Å². The molecule has 2 fully saturated rings. The first kappa shape index (κ1) is 22.2. The van der Waals surface area contributed by atoms with Crippen molar-refractivity contribution < 1.29 is 9.59 Å². The highest BCUT2D eigenvalue weighted by molar-refractivity contribution is 8.05. The van der Waals surface area contributed by atoms with Crippen molar-refractivity contribution >= 4 is 29.3 Å². The average molecular weight is 446 g/mol. The van der Waals surface area contributed by atoms with Gasteiger partial charge in [-0.3, -0.25) is 14.5 Å². The molecule has 0 unspecified atom stereocenters. The van der Waals surface area contributed by atoms with Gasteiger partial charge in [0.25, 0.3) is 5.91 Å². The van der Waals surface area contributed by atoms with Crippen molar-refractivity contribution in [1.29, 1.82) is 5.26 Å². The Kier molecular flexibility index (Phi) is 6.66. The van der Waals surface area contributed by atoms with E-state index >= 15 is 0 Å². The molecule has 4 rings (SSSR count). The van der Waals surface area contributed by atoms with Gasteiger partial charge in [0.1, 0.15) is 16.7 Å². The number of likely N-dealkylation sites (tertiary alicyclic amines) is 1. The van der Waals surface area contributed by atoms with Gasteiger partial charge in [0.15, 0.2) is 0 Å². The van der Waals surface area contributed by atoms with E-state index in [9.17, 15) is 14.9 Å². The SMILES string of the molecule is Cc1ccc(C[C@@H]2S/C(=C(/C#N)C(=O)N3CCC(C)CC3)N(c3ccccc3)C2=O)cc1. The molecule has 0 N–H and O–H groups in total. The minimum atomic E-state index is -0.384. The van der Waals surface area contributed by atoms with Crippen LogP contribution in [-0.2, 0) is 16.0 Å². The number of hydrogen-bond donors (Lipinski definition) is 0. The zero-order chi connectivity index (χ0) is 22.7. The number of carbonyl (C=O) groups excluding carboxylic acids is 2. The minimum Gasteiger partial charge on any atom is -0.338 e. The summed E-state index contributed by atoms with van der Waals surface area (Å²) in [5.74, 6) is 0.218. The number of benzene rings is 2. The molecule has 2 heterocycles. The van der Waals surface area contributed by atoms with E-state index in [0.29, 0.717) is 36.1 Å². The summed E-state index contributed by atoms with van der Waals surface area (Å²) < 4.78 is 0. The summed E-state index contributed by atoms with van der Waals surface area (Å²) >= 11 is 1.33. The van der Waals surface area contributed by atoms with Crippen LogP contribution < -0.4 is 4.90 Å². The maximum atomic E-state index is 13.5. The van der Waals surface area contributed by atoms with E-state index in [4.69, 9.17) is 0 Å². The van der Waals surface area contributed by atoms with Gasteiger partial charge in [-0.25, -0.2) is 0 Å². The molecule has 2 saturated heterocycles. The van der Waals surface area contributed by atoms with Crippen molar-refractivity contribution in [2.24, 2.45) is 5.92 Å². The van der Waals surface area contributed by atoms with Crippen molar-refractivity contribution in [3.63, 3.8) is 0 Å². The van der Waals surface area contributed by atoms with Crippen LogP contribution in [0, 0.1) is 24.2 Å². The predicted molar refractivity (Wildman–Crippen MR) is 128 cm³/mol. The fourth-order valence-corrected chi connectivity index (χ4v) is 5.40. The predicted octanol–water partition coefficient (Wildman–Crippen LogP) is 4.68. The molecule has 0 aromatic heterocycles. The number of para-hydroxylation sites is 1. The molecule has 6 heteroatoms. The Bertz CT molecular complexity index is 1060. The van der Waals surface area contributed by atoms with E-state index in [1.54, 1.807) is 9.80 Å². The summed E-state index contributed by atoms with van der Waals surface area (Å²) in [7, 11) is 0. The number of nitrogens with zero attached hydrogens (tertiary/aromatic N) is 3. The Labute approximate surface area is 193 Å². The van der Waals surface area contributed by atoms with Gasteiger partial charge in [-0.1, -0.05) is 66.7 Å². The van der Waals surface area contributed by atoms with Crippen LogP contribution in [0.1, 0.15) is 30.9 Å². The first-order valence-electron chi connectivity index (χ1n) is 11.0. The van der Waals surface area contributed by atoms with Crippen molar-refractivity contribution in [3.05, 3.63) is 76.3 Å². The van der Waals surface area contributed by atoms with Crippen molar-refractivity contribution in [3.8, 4) is 6.07 Å². The second-order valence-electron chi connectivity index (χ2n) is 8.57. The summed E-state index contributed by atoms with van der Waals surface area (Å²) in [5, 5.41) is 10.1. The molecule has 32 heavy (non-hydrogen) atoms. The van der Waals surface area contributed by atoms with Crippen LogP contribution in [0.3, 0.4) is 0 Å². The molecule has 1 atom stereocenters. The van der Waals surface area contributed by atoms with Crippen molar-refractivity contribution in [2.75, 3.05) is 18.0 Å². The largest absolute Gasteiger partial charge is 0.338 e. The van der Waals surface area contributed by atoms with Gasteiger partial charge in [-0.15, -0.1) is 0 Å². The monoisotopic (exact) mass is 445 g/mol. The minimum absolute atomic E-state index is 0.0631. The Morgan fingerprint density at radius 2 is 1.75 bits per heavy atom. The highest BCUT2D eigenvalue weighted by Crippen LogP contribution is 2.42. The lowest BCUT2D eigenvalue weighted by Gasteiger charge is -2.30. The van der Waals surface area contributed by atoms with Gasteiger partial charge in [0, 0.05) is 18.8 Å². The summed E-state index contributed by atoms with van der Waals surface area (Å²) in [6, 6.07) is 19.6. The van der Waals surface area contributed by atoms with Crippen molar-refractivity contribution in [2.45, 2.75) is 38.4 Å². The third kappa shape index (κ3) is 4.58. The second kappa shape index (κ2) is 9.62. The fourth-order valence-electron chi connectivity index (χ4n) is 4.10. The van der Waals surface area contributed by atoms with Crippen LogP contribution in [0.15, 0.2) is 65.2 Å². The molecule has 0 aliphatic carbocycles. The van der Waals surface area contributed by atoms with E-state index in [1.807, 2.05) is 61.5 Å². The molecule has 5 nitrogen and oxygen atoms in total. The number of aryl methyl sites for hydroxylation is 1. The van der Waals surface area contributed by atoms with Crippen LogP contribution in [0.5, 0.6) is 0 Å². The summed E-state index contributed by atoms with van der Waals surface area (Å²) in [6.07, 6.45) is 2.42. The Morgan fingerprint density at radius 1 is 1.09 bits per heavy atom. The zero-order valence-corrected chi connectivity index (χ0v) is 19.3. The number of carbonyl (C=O) groups is 2. The van der Waals surface area contributed by atoms with Gasteiger partial charge in [-0.2, -0.15) is 5.26 Å². The topological polar surface area (TPSA) is 64.4 Å². The molecule has 0 saturated carbocycles. The fraction of sp³-hybridized carbons (Fsp3) is 0.346. The Hall–Kier alpha value is -3.04. The van der Waals surface area contributed by atoms with Crippen LogP contribution in [0.2, 0.25) is 0 Å². The molecule has 2 aliphatic heterocycles. The maximum absolute atomic E-state index is 13.5. The molecule has 0 radical (unpaired) electrons. The number of rotatable bonds is 4. The van der Waals surface area contributed by atoms with E-state index in [-0.39, 0.29) is 22.6 Å². The molecule has 2 aromatic carbocycles. The first-order chi connectivity index (χ1) is 15.5. The van der Waals surface area contributed by atoms with Gasteiger partial charge in [0.05, 0.1) is 5.25 Å². The van der Waals surface area contributed by atoms with E-state index in [1.165, 1.54) is 17.3 Å². The molecule has 0 spiro atoms. The van der Waals surface area contributed by atoms with Crippen LogP contribution in [0.25, 0.3) is 0 Å². The second-order valence-corrected chi connectivity index (χ2v) is 9.76. The number of thioether (sulfide) groups is 1. The standard InChI is InChI=1S/C26H27N3O2S/c1-18-8-10-20(11-9-18)16-23-25(31)29(21-6-4-3-5-7-21)26(32-23)22(17-27)24(30)28-14-12-19(2)13-15-28/h3-11,19,23H,12-16H2,1-2H3/b26-22-/t23-/m0/s1. The molecule has 164 valence electrons. The number of piperidine rings is 1. The van der Waals surface area contributed by atoms with E-state index in [0.717, 1.165) is 18.4 Å². The van der Waals surface area contributed by atoms with Crippen LogP contribution >= 0.6 is 11.8 Å². The summed E-state index contributed by atoms with van der Waals surface area (Å²) in [6.45, 7) is 5.51. The average Bonchev–Trinajstić information content (AvgIpc) is 3.12. The smallest absolute Gasteiger partial charge is 0.267 e. The number of anilines is 1. The highest BCUT2D eigenvalue weighted by atomic mass is 32.2. The quantitative estimate of drug-likeness (QED) is 0.506. The van der Waals surface area contributed by atoms with Gasteiger partial charge in [0.2, 0.25) is 5.91 Å². The van der Waals surface area contributed by atoms with Gasteiger partial charge in [-0.05, 0) is 49.8 Å². The third-order valence-corrected chi connectivity index (χ3v) is 7.38. The number of nitriles is 1. The Balaban J connectivity index is 1.69. The normalized spacial score (nSPS) is 20.9. The van der Waals surface area contributed by atoms with Gasteiger partial charge >= 0.3 is 0 Å². The molecule has 0 bridgehead atoms. The number of amides is 2. The highest BCUT2D eigenvalue weighted by Gasteiger charge is 2.41. The van der Waals surface area contributed by atoms with Crippen molar-refractivity contribution in [1.82, 2.24) is 4.90 Å². The first-order valence-corrected chi connectivity index (χ1v) is 11.9. The van der Waals surface area contributed by atoms with Crippen LogP contribution in [0.4, 0.5) is 5.69 Å². The molecular formula is C26H27N3O2S. The lowest BCUT2D eigenvalue weighted by atomic mass is 9.99. The summed E-state index contributed by atoms with van der Waals surface area (Å²) in [5.41, 5.74) is 2.97. The lowest BCUT2D eigenvalue weighted by molar-refractivity contribution is -0.128. The maximum Gasteiger partial charge on any atom is 0.267 e. The molecule has 2 amide bonds. The third-order valence-electron chi connectivity index (χ3n) is 6.12. The Morgan fingerprint density at radius 3 is 2.38 bits per heavy atom. The molecule has 2 aliphatic rings. The zero-order valence-electron chi connectivity index (χ0n) is 18.5. The number of hydrogen-bond acceptors (Lipinski definition) is 4. The summed E-state index contributed by atoms with van der Waals surface area (Å²) in [4.78, 5) is 30.1. The lowest BCUT2D eigenvalue weighted by Crippen LogP contribution is -2.39. The van der Waals surface area contributed by atoms with E-state index in [2.05, 4.69) is 13.0 Å². The van der Waals surface area contributed by atoms with Crippen LogP contribution in [-0.4, -0.2) is 35.1 Å². The molecular weight excluding hydrogens is 418 g/mol. The van der Waals surface area contributed by atoms with E-state index < -0.39 is 0 Å².